The third-order valence-corrected chi connectivity index (χ3v) is 6.03. The number of H-pyrrole nitrogens is 1. The number of hydrogen-bond donors (Lipinski definition) is 3. The van der Waals surface area contributed by atoms with Gasteiger partial charge in [0.05, 0.1) is 28.5 Å². The first kappa shape index (κ1) is 18.2. The normalized spacial score (nSPS) is 17.2. The van der Waals surface area contributed by atoms with Gasteiger partial charge in [0.25, 0.3) is 0 Å². The van der Waals surface area contributed by atoms with Crippen LogP contribution in [0.15, 0.2) is 47.5 Å². The fraction of sp³-hybridized carbons (Fsp3) is 0.200. The van der Waals surface area contributed by atoms with E-state index in [-0.39, 0.29) is 13.7 Å². The topological polar surface area (TPSA) is 122 Å². The molecule has 148 valence electrons. The van der Waals surface area contributed by atoms with Gasteiger partial charge in [-0.15, -0.1) is 0 Å². The van der Waals surface area contributed by atoms with Crippen molar-refractivity contribution in [2.75, 3.05) is 12.9 Å². The predicted octanol–water partition coefficient (Wildman–Crippen LogP) is 3.13. The molecular weight excluding hydrogens is 376 g/mol. The summed E-state index contributed by atoms with van der Waals surface area (Å²) in [4.78, 5) is 8.29. The monoisotopic (exact) mass is 400 g/mol. The summed E-state index contributed by atoms with van der Waals surface area (Å²) in [6.07, 6.45) is 4.45. The van der Waals surface area contributed by atoms with Gasteiger partial charge in [0, 0.05) is 27.1 Å². The van der Waals surface area contributed by atoms with E-state index in [1.807, 2.05) is 18.2 Å². The molecule has 0 fully saturated rings. The van der Waals surface area contributed by atoms with Gasteiger partial charge in [-0.1, -0.05) is 6.07 Å². The summed E-state index contributed by atoms with van der Waals surface area (Å²) in [6, 6.07) is 10.6. The lowest BCUT2D eigenvalue weighted by Gasteiger charge is -2.24. The molecule has 3 aromatic rings. The smallest absolute Gasteiger partial charge is 0.175 e. The van der Waals surface area contributed by atoms with Crippen LogP contribution in [0.5, 0.6) is 5.75 Å². The number of benzene rings is 2. The summed E-state index contributed by atoms with van der Waals surface area (Å²) in [6.45, 7) is 0.465. The van der Waals surface area contributed by atoms with Crippen LogP contribution in [0, 0.1) is 5.41 Å². The Hall–Kier alpha value is -3.13. The highest BCUT2D eigenvalue weighted by atomic mass is 32.2. The molecule has 0 spiro atoms. The first-order valence-electron chi connectivity index (χ1n) is 8.77. The van der Waals surface area contributed by atoms with E-state index in [0.29, 0.717) is 24.4 Å². The fourth-order valence-corrected chi connectivity index (χ4v) is 4.08. The molecule has 0 saturated carbocycles. The number of nitrogens with two attached hydrogens (primary N) is 1. The van der Waals surface area contributed by atoms with Crippen molar-refractivity contribution < 1.29 is 16.0 Å². The molecule has 0 radical (unpaired) electrons. The van der Waals surface area contributed by atoms with E-state index >= 15 is 0 Å². The molecule has 7 nitrogen and oxygen atoms in total. The zero-order valence-corrected chi connectivity index (χ0v) is 16.1. The molecule has 1 aliphatic rings. The second-order valence-electron chi connectivity index (χ2n) is 6.87. The number of imidazole rings is 1. The molecule has 1 aromatic heterocycles. The lowest BCUT2D eigenvalue weighted by molar-refractivity contribution is 0.258. The maximum Gasteiger partial charge on any atom is 0.175 e. The van der Waals surface area contributed by atoms with E-state index in [9.17, 15) is 8.42 Å². The number of aromatic amines is 1. The molecule has 0 aliphatic carbocycles. The average molecular weight is 401 g/mol. The minimum absolute atomic E-state index is 0. The van der Waals surface area contributed by atoms with E-state index in [0.717, 1.165) is 28.0 Å². The number of ether oxygens (including phenoxy) is 1. The number of nitrogens with one attached hydrogen (secondary N) is 2. The van der Waals surface area contributed by atoms with Crippen LogP contribution in [-0.2, 0) is 16.3 Å². The number of nitrogens with zero attached hydrogens (tertiary/aromatic N) is 1. The number of rotatable bonds is 4. The molecule has 1 unspecified atom stereocenters. The molecule has 2 aromatic carbocycles. The second-order valence-corrected chi connectivity index (χ2v) is 8.89. The van der Waals surface area contributed by atoms with Crippen LogP contribution in [0.2, 0.25) is 0 Å². The standard InChI is InChI=1S/C20H20N4O3S.2H2/c1-28(25,26)16-3-5-19-13(7-16)6-14(11-27-19)20-23-17-4-2-12(8-18(17)24-20)15(9-21)10-22;;/h2-5,7-10,14,21H,6,11,22H2,1H3,(H,23,24);2*1H/b15-10+,21-9?;;. The fourth-order valence-electron chi connectivity index (χ4n) is 3.41. The van der Waals surface area contributed by atoms with Crippen LogP contribution < -0.4 is 10.5 Å². The zero-order chi connectivity index (χ0) is 19.9. The molecule has 4 rings (SSSR count). The van der Waals surface area contributed by atoms with Crippen LogP contribution >= 0.6 is 0 Å². The largest absolute Gasteiger partial charge is 0.493 e. The lowest BCUT2D eigenvalue weighted by Crippen LogP contribution is -2.20. The average Bonchev–Trinajstić information content (AvgIpc) is 3.11. The molecule has 1 aliphatic heterocycles. The van der Waals surface area contributed by atoms with Gasteiger partial charge in [0.1, 0.15) is 11.6 Å². The van der Waals surface area contributed by atoms with Gasteiger partial charge in [0.15, 0.2) is 9.84 Å². The predicted molar refractivity (Wildman–Crippen MR) is 113 cm³/mol. The lowest BCUT2D eigenvalue weighted by atomic mass is 9.96. The summed E-state index contributed by atoms with van der Waals surface area (Å²) in [7, 11) is -3.27. The maximum absolute atomic E-state index is 11.8. The molecule has 0 amide bonds. The van der Waals surface area contributed by atoms with Gasteiger partial charge in [-0.25, -0.2) is 13.4 Å². The van der Waals surface area contributed by atoms with Gasteiger partial charge < -0.3 is 20.9 Å². The minimum atomic E-state index is -3.27. The van der Waals surface area contributed by atoms with Crippen molar-refractivity contribution in [3.8, 4) is 5.75 Å². The second kappa shape index (κ2) is 6.79. The third-order valence-electron chi connectivity index (χ3n) is 4.92. The van der Waals surface area contributed by atoms with Crippen LogP contribution in [-0.4, -0.2) is 37.5 Å². The number of allylic oxidation sites excluding steroid dienone is 1. The van der Waals surface area contributed by atoms with Crippen LogP contribution in [0.1, 0.15) is 25.7 Å². The Bertz CT molecular complexity index is 1220. The Morgan fingerprint density at radius 2 is 2.18 bits per heavy atom. The van der Waals surface area contributed by atoms with Gasteiger partial charge in [-0.2, -0.15) is 0 Å². The molecule has 8 heteroatoms. The highest BCUT2D eigenvalue weighted by molar-refractivity contribution is 7.90. The molecule has 0 saturated heterocycles. The number of hydrogen-bond acceptors (Lipinski definition) is 6. The molecule has 28 heavy (non-hydrogen) atoms. The quantitative estimate of drug-likeness (QED) is 0.581. The first-order valence-corrected chi connectivity index (χ1v) is 10.7. The van der Waals surface area contributed by atoms with Gasteiger partial charge in [-0.05, 0) is 47.9 Å². The SMILES string of the molecule is CS(=O)(=O)c1ccc2c(c1)CC(c1nc3ccc(/C(C=N)=C/N)cc3[nH]1)CO2.[HH].[HH]. The summed E-state index contributed by atoms with van der Waals surface area (Å²) >= 11 is 0. The third kappa shape index (κ3) is 3.27. The maximum atomic E-state index is 11.8. The molecule has 2 heterocycles. The van der Waals surface area contributed by atoms with Gasteiger partial charge >= 0.3 is 0 Å². The summed E-state index contributed by atoms with van der Waals surface area (Å²) < 4.78 is 29.5. The first-order chi connectivity index (χ1) is 13.4. The van der Waals surface area contributed by atoms with Crippen molar-refractivity contribution in [1.82, 2.24) is 9.97 Å². The van der Waals surface area contributed by atoms with E-state index in [1.165, 1.54) is 18.7 Å². The van der Waals surface area contributed by atoms with Gasteiger partial charge in [-0.3, -0.25) is 0 Å². The van der Waals surface area contributed by atoms with E-state index in [2.05, 4.69) is 9.97 Å². The molecule has 4 N–H and O–H groups in total. The Labute approximate surface area is 165 Å². The van der Waals surface area contributed by atoms with E-state index in [1.54, 1.807) is 18.2 Å². The molecule has 0 bridgehead atoms. The molecular formula is C20H24N4O3S. The van der Waals surface area contributed by atoms with E-state index < -0.39 is 9.84 Å². The number of fused-ring (bicyclic) bond motifs is 2. The minimum Gasteiger partial charge on any atom is -0.493 e. The summed E-state index contributed by atoms with van der Waals surface area (Å²) in [5.41, 5.74) is 9.56. The van der Waals surface area contributed by atoms with Crippen molar-refractivity contribution in [3.05, 3.63) is 59.5 Å². The summed E-state index contributed by atoms with van der Waals surface area (Å²) in [5.74, 6) is 1.49. The van der Waals surface area contributed by atoms with Crippen LogP contribution in [0.4, 0.5) is 0 Å². The van der Waals surface area contributed by atoms with Crippen molar-refractivity contribution in [3.63, 3.8) is 0 Å². The highest BCUT2D eigenvalue weighted by Gasteiger charge is 2.25. The zero-order valence-electron chi connectivity index (χ0n) is 15.3. The summed E-state index contributed by atoms with van der Waals surface area (Å²) in [5, 5.41) is 7.44. The Morgan fingerprint density at radius 1 is 1.36 bits per heavy atom. The van der Waals surface area contributed by atoms with Crippen molar-refractivity contribution in [1.29, 1.82) is 5.41 Å². The van der Waals surface area contributed by atoms with Crippen LogP contribution in [0.25, 0.3) is 16.6 Å². The van der Waals surface area contributed by atoms with Crippen molar-refractivity contribution in [2.45, 2.75) is 17.2 Å². The highest BCUT2D eigenvalue weighted by Crippen LogP contribution is 2.34. The Kier molecular flexibility index (Phi) is 4.43. The number of sulfone groups is 1. The van der Waals surface area contributed by atoms with E-state index in [4.69, 9.17) is 15.9 Å². The number of aromatic nitrogens is 2. The van der Waals surface area contributed by atoms with Crippen molar-refractivity contribution in [2.24, 2.45) is 5.73 Å². The Morgan fingerprint density at radius 3 is 2.89 bits per heavy atom. The van der Waals surface area contributed by atoms with Crippen molar-refractivity contribution >= 4 is 32.7 Å². The van der Waals surface area contributed by atoms with Crippen LogP contribution in [0.3, 0.4) is 0 Å². The molecule has 1 atom stereocenters. The van der Waals surface area contributed by atoms with Gasteiger partial charge in [0.2, 0.25) is 0 Å². The Balaban J connectivity index is 0.00000160.